The van der Waals surface area contributed by atoms with Gasteiger partial charge in [0.05, 0.1) is 5.69 Å². The van der Waals surface area contributed by atoms with Crippen molar-refractivity contribution in [3.63, 3.8) is 0 Å². The standard InChI is InChI=1S/C20H21N5/c1-2-6-17(7-3-1)23-19-13-18(16-5-4-10-22-14-16)24-20(25-19)15-8-11-21-12-9-15/h4-5,8-14,17H,1-3,6-7H2,(H,23,24,25). The van der Waals surface area contributed by atoms with Gasteiger partial charge in [0.25, 0.3) is 0 Å². The molecule has 3 aromatic heterocycles. The summed E-state index contributed by atoms with van der Waals surface area (Å²) >= 11 is 0. The van der Waals surface area contributed by atoms with Crippen LogP contribution in [-0.4, -0.2) is 26.0 Å². The molecule has 3 aromatic rings. The van der Waals surface area contributed by atoms with Crippen LogP contribution in [-0.2, 0) is 0 Å². The molecule has 3 heterocycles. The molecule has 0 aliphatic heterocycles. The van der Waals surface area contributed by atoms with Gasteiger partial charge in [0, 0.05) is 48.0 Å². The minimum Gasteiger partial charge on any atom is -0.367 e. The number of rotatable bonds is 4. The van der Waals surface area contributed by atoms with Gasteiger partial charge in [-0.1, -0.05) is 19.3 Å². The fourth-order valence-electron chi connectivity index (χ4n) is 3.27. The van der Waals surface area contributed by atoms with Crippen LogP contribution in [0.5, 0.6) is 0 Å². The van der Waals surface area contributed by atoms with E-state index in [1.165, 1.54) is 32.1 Å². The van der Waals surface area contributed by atoms with Crippen molar-refractivity contribution in [2.24, 2.45) is 0 Å². The molecule has 1 aliphatic rings. The van der Waals surface area contributed by atoms with Crippen LogP contribution in [0.1, 0.15) is 32.1 Å². The van der Waals surface area contributed by atoms with Crippen LogP contribution in [0.25, 0.3) is 22.6 Å². The molecule has 0 amide bonds. The van der Waals surface area contributed by atoms with Gasteiger partial charge >= 0.3 is 0 Å². The predicted octanol–water partition coefficient (Wildman–Crippen LogP) is 4.35. The number of aromatic nitrogens is 4. The molecule has 4 rings (SSSR count). The first-order valence-electron chi connectivity index (χ1n) is 8.85. The first kappa shape index (κ1) is 15.7. The zero-order valence-corrected chi connectivity index (χ0v) is 14.1. The Hall–Kier alpha value is -2.82. The number of nitrogens with one attached hydrogen (secondary N) is 1. The Morgan fingerprint density at radius 2 is 1.68 bits per heavy atom. The highest BCUT2D eigenvalue weighted by Crippen LogP contribution is 2.26. The van der Waals surface area contributed by atoms with Crippen LogP contribution in [0, 0.1) is 0 Å². The second kappa shape index (κ2) is 7.38. The van der Waals surface area contributed by atoms with Gasteiger partial charge in [-0.3, -0.25) is 9.97 Å². The van der Waals surface area contributed by atoms with Crippen molar-refractivity contribution in [2.45, 2.75) is 38.1 Å². The molecule has 1 aliphatic carbocycles. The van der Waals surface area contributed by atoms with Gasteiger partial charge in [-0.15, -0.1) is 0 Å². The Labute approximate surface area is 147 Å². The molecule has 5 nitrogen and oxygen atoms in total. The monoisotopic (exact) mass is 331 g/mol. The average Bonchev–Trinajstić information content (AvgIpc) is 2.70. The molecule has 1 N–H and O–H groups in total. The van der Waals surface area contributed by atoms with E-state index in [1.54, 1.807) is 18.6 Å². The summed E-state index contributed by atoms with van der Waals surface area (Å²) in [5, 5.41) is 3.61. The quantitative estimate of drug-likeness (QED) is 0.770. The van der Waals surface area contributed by atoms with Gasteiger partial charge in [0.15, 0.2) is 5.82 Å². The van der Waals surface area contributed by atoms with E-state index in [2.05, 4.69) is 15.3 Å². The van der Waals surface area contributed by atoms with E-state index in [-0.39, 0.29) is 0 Å². The van der Waals surface area contributed by atoms with Crippen molar-refractivity contribution >= 4 is 5.82 Å². The number of nitrogens with zero attached hydrogens (tertiary/aromatic N) is 4. The molecule has 1 fully saturated rings. The summed E-state index contributed by atoms with van der Waals surface area (Å²) in [6, 6.07) is 10.3. The minimum absolute atomic E-state index is 0.496. The van der Waals surface area contributed by atoms with Crippen LogP contribution in [0.4, 0.5) is 5.82 Å². The summed E-state index contributed by atoms with van der Waals surface area (Å²) in [7, 11) is 0. The molecule has 0 radical (unpaired) electrons. The van der Waals surface area contributed by atoms with Gasteiger partial charge in [-0.05, 0) is 37.1 Å². The molecule has 126 valence electrons. The molecule has 1 saturated carbocycles. The van der Waals surface area contributed by atoms with Crippen LogP contribution in [0.2, 0.25) is 0 Å². The molecular formula is C20H21N5. The van der Waals surface area contributed by atoms with Crippen molar-refractivity contribution in [3.05, 3.63) is 55.1 Å². The highest BCUT2D eigenvalue weighted by atomic mass is 15.1. The van der Waals surface area contributed by atoms with Crippen molar-refractivity contribution in [1.82, 2.24) is 19.9 Å². The first-order valence-corrected chi connectivity index (χ1v) is 8.85. The minimum atomic E-state index is 0.496. The lowest BCUT2D eigenvalue weighted by Gasteiger charge is -2.23. The second-order valence-corrected chi connectivity index (χ2v) is 6.42. The third kappa shape index (κ3) is 3.82. The van der Waals surface area contributed by atoms with Gasteiger partial charge in [-0.2, -0.15) is 0 Å². The summed E-state index contributed by atoms with van der Waals surface area (Å²) in [6.45, 7) is 0. The number of anilines is 1. The molecule has 0 aromatic carbocycles. The molecule has 0 bridgehead atoms. The maximum Gasteiger partial charge on any atom is 0.162 e. The van der Waals surface area contributed by atoms with Gasteiger partial charge in [-0.25, -0.2) is 9.97 Å². The van der Waals surface area contributed by atoms with Gasteiger partial charge in [0.1, 0.15) is 5.82 Å². The molecular weight excluding hydrogens is 310 g/mol. The van der Waals surface area contributed by atoms with E-state index in [1.807, 2.05) is 36.5 Å². The summed E-state index contributed by atoms with van der Waals surface area (Å²) in [5.41, 5.74) is 2.84. The molecule has 0 atom stereocenters. The normalized spacial score (nSPS) is 15.0. The van der Waals surface area contributed by atoms with Crippen molar-refractivity contribution in [1.29, 1.82) is 0 Å². The summed E-state index contributed by atoms with van der Waals surface area (Å²) in [6.07, 6.45) is 13.5. The van der Waals surface area contributed by atoms with E-state index in [0.717, 1.165) is 22.6 Å². The average molecular weight is 331 g/mol. The maximum absolute atomic E-state index is 4.75. The smallest absolute Gasteiger partial charge is 0.162 e. The van der Waals surface area contributed by atoms with Crippen LogP contribution in [0.3, 0.4) is 0 Å². The summed E-state index contributed by atoms with van der Waals surface area (Å²) in [5.74, 6) is 1.59. The van der Waals surface area contributed by atoms with E-state index < -0.39 is 0 Å². The SMILES string of the molecule is c1cncc(-c2cc(NC3CCCCC3)nc(-c3ccncc3)n2)c1. The molecule has 0 spiro atoms. The van der Waals surface area contributed by atoms with Crippen molar-refractivity contribution in [3.8, 4) is 22.6 Å². The lowest BCUT2D eigenvalue weighted by Crippen LogP contribution is -2.23. The van der Waals surface area contributed by atoms with E-state index in [9.17, 15) is 0 Å². The maximum atomic E-state index is 4.75. The fourth-order valence-corrected chi connectivity index (χ4v) is 3.27. The summed E-state index contributed by atoms with van der Waals surface area (Å²) < 4.78 is 0. The summed E-state index contributed by atoms with van der Waals surface area (Å²) in [4.78, 5) is 17.8. The fraction of sp³-hybridized carbons (Fsp3) is 0.300. The molecule has 25 heavy (non-hydrogen) atoms. The topological polar surface area (TPSA) is 63.6 Å². The van der Waals surface area contributed by atoms with Crippen LogP contribution >= 0.6 is 0 Å². The zero-order chi connectivity index (χ0) is 16.9. The second-order valence-electron chi connectivity index (χ2n) is 6.42. The lowest BCUT2D eigenvalue weighted by molar-refractivity contribution is 0.462. The van der Waals surface area contributed by atoms with E-state index in [4.69, 9.17) is 9.97 Å². The van der Waals surface area contributed by atoms with Gasteiger partial charge < -0.3 is 5.32 Å². The Morgan fingerprint density at radius 3 is 2.44 bits per heavy atom. The number of hydrogen-bond donors (Lipinski definition) is 1. The van der Waals surface area contributed by atoms with Crippen molar-refractivity contribution < 1.29 is 0 Å². The first-order chi connectivity index (χ1) is 12.4. The number of hydrogen-bond acceptors (Lipinski definition) is 5. The molecule has 0 unspecified atom stereocenters. The Bertz CT molecular complexity index is 756. The zero-order valence-electron chi connectivity index (χ0n) is 14.1. The Balaban J connectivity index is 1.72. The number of pyridine rings is 2. The highest BCUT2D eigenvalue weighted by molar-refractivity contribution is 5.66. The lowest BCUT2D eigenvalue weighted by atomic mass is 9.95. The predicted molar refractivity (Wildman–Crippen MR) is 99.0 cm³/mol. The van der Waals surface area contributed by atoms with Crippen LogP contribution in [0.15, 0.2) is 55.1 Å². The third-order valence-electron chi connectivity index (χ3n) is 4.58. The van der Waals surface area contributed by atoms with Crippen molar-refractivity contribution in [2.75, 3.05) is 5.32 Å². The molecule has 0 saturated heterocycles. The Morgan fingerprint density at radius 1 is 0.840 bits per heavy atom. The Kier molecular flexibility index (Phi) is 4.63. The van der Waals surface area contributed by atoms with Crippen LogP contribution < -0.4 is 5.32 Å². The highest BCUT2D eigenvalue weighted by Gasteiger charge is 2.15. The third-order valence-corrected chi connectivity index (χ3v) is 4.58. The van der Waals surface area contributed by atoms with E-state index in [0.29, 0.717) is 11.9 Å². The van der Waals surface area contributed by atoms with E-state index >= 15 is 0 Å². The largest absolute Gasteiger partial charge is 0.367 e. The van der Waals surface area contributed by atoms with Gasteiger partial charge in [0.2, 0.25) is 0 Å². The molecule has 5 heteroatoms.